The number of carbonyl (C=O) groups is 2. The lowest BCUT2D eigenvalue weighted by Crippen LogP contribution is -2.51. The van der Waals surface area contributed by atoms with Gasteiger partial charge in [0, 0.05) is 0 Å². The summed E-state index contributed by atoms with van der Waals surface area (Å²) >= 11 is 3.25. The fraction of sp³-hybridized carbons (Fsp3) is 0.222. The van der Waals surface area contributed by atoms with Crippen LogP contribution in [-0.2, 0) is 9.59 Å². The summed E-state index contributed by atoms with van der Waals surface area (Å²) in [6.07, 6.45) is -5.67. The Balaban J connectivity index is 1.94. The summed E-state index contributed by atoms with van der Waals surface area (Å²) < 4.78 is 46.8. The Hall–Kier alpha value is -2.55. The van der Waals surface area contributed by atoms with E-state index in [2.05, 4.69) is 21.2 Å². The Morgan fingerprint density at radius 3 is 2.56 bits per heavy atom. The first kappa shape index (κ1) is 19.2. The second-order valence-corrected chi connectivity index (χ2v) is 6.66. The predicted molar refractivity (Wildman–Crippen MR) is 96.7 cm³/mol. The molecule has 0 saturated carbocycles. The van der Waals surface area contributed by atoms with E-state index in [1.54, 1.807) is 30.3 Å². The van der Waals surface area contributed by atoms with Gasteiger partial charge in [0.05, 0.1) is 22.3 Å². The van der Waals surface area contributed by atoms with E-state index in [4.69, 9.17) is 4.74 Å². The van der Waals surface area contributed by atoms with E-state index in [1.807, 2.05) is 0 Å². The number of fused-ring (bicyclic) bond motifs is 1. The van der Waals surface area contributed by atoms with Crippen LogP contribution >= 0.6 is 15.9 Å². The van der Waals surface area contributed by atoms with Crippen molar-refractivity contribution in [2.24, 2.45) is 0 Å². The summed E-state index contributed by atoms with van der Waals surface area (Å²) in [7, 11) is 0. The van der Waals surface area contributed by atoms with Crippen molar-refractivity contribution in [1.29, 1.82) is 0 Å². The van der Waals surface area contributed by atoms with E-state index >= 15 is 0 Å². The monoisotopic (exact) mass is 442 g/mol. The zero-order valence-electron chi connectivity index (χ0n) is 13.8. The molecule has 5 nitrogen and oxygen atoms in total. The highest BCUT2D eigenvalue weighted by atomic mass is 79.9. The summed E-state index contributed by atoms with van der Waals surface area (Å²) in [4.78, 5) is 25.2. The summed E-state index contributed by atoms with van der Waals surface area (Å²) in [5.41, 5.74) is 0.120. The van der Waals surface area contributed by atoms with Crippen molar-refractivity contribution in [3.8, 4) is 5.75 Å². The quantitative estimate of drug-likeness (QED) is 0.777. The Morgan fingerprint density at radius 2 is 1.85 bits per heavy atom. The first-order valence-electron chi connectivity index (χ1n) is 7.92. The molecule has 1 N–H and O–H groups in total. The molecule has 9 heteroatoms. The normalized spacial score (nSPS) is 17.0. The molecular weight excluding hydrogens is 429 g/mol. The van der Waals surface area contributed by atoms with Gasteiger partial charge in [0.1, 0.15) is 11.8 Å². The number of nitrogens with zero attached hydrogens (tertiary/aromatic N) is 1. The lowest BCUT2D eigenvalue weighted by atomic mass is 10.1. The lowest BCUT2D eigenvalue weighted by Gasteiger charge is -2.31. The number of carbonyl (C=O) groups excluding carboxylic acids is 2. The number of halogens is 4. The molecule has 0 bridgehead atoms. The maximum Gasteiger partial charge on any atom is 0.409 e. The lowest BCUT2D eigenvalue weighted by molar-refractivity contribution is -0.158. The van der Waals surface area contributed by atoms with E-state index < -0.39 is 37.1 Å². The predicted octanol–water partition coefficient (Wildman–Crippen LogP) is 4.13. The average Bonchev–Trinajstić information content (AvgIpc) is 2.76. The molecule has 1 aliphatic heterocycles. The molecule has 142 valence electrons. The minimum Gasteiger partial charge on any atom is -0.483 e. The van der Waals surface area contributed by atoms with Crippen LogP contribution in [-0.4, -0.2) is 30.6 Å². The van der Waals surface area contributed by atoms with Crippen LogP contribution in [0.25, 0.3) is 0 Å². The van der Waals surface area contributed by atoms with Gasteiger partial charge >= 0.3 is 6.18 Å². The van der Waals surface area contributed by atoms with Gasteiger partial charge in [-0.15, -0.1) is 0 Å². The number of nitrogens with one attached hydrogen (secondary N) is 1. The molecule has 0 radical (unpaired) electrons. The molecule has 2 amide bonds. The largest absolute Gasteiger partial charge is 0.483 e. The van der Waals surface area contributed by atoms with Crippen molar-refractivity contribution in [2.45, 2.75) is 18.6 Å². The van der Waals surface area contributed by atoms with Gasteiger partial charge in [-0.2, -0.15) is 13.2 Å². The van der Waals surface area contributed by atoms with Crippen LogP contribution in [0.4, 0.5) is 24.5 Å². The number of amides is 2. The Kier molecular flexibility index (Phi) is 5.41. The number of rotatable bonds is 3. The van der Waals surface area contributed by atoms with Crippen LogP contribution < -0.4 is 15.0 Å². The number of alkyl halides is 3. The van der Waals surface area contributed by atoms with Gasteiger partial charge in [0.2, 0.25) is 5.91 Å². The standard InChI is InChI=1S/C18H14BrF3N2O3/c19-11-5-1-4-8-14(11)27-10-17(26)24-13-7-3-2-6-12(13)23-16(25)9-15(24)18(20,21)22/h1-8,15H,9-10H2,(H,23,25)/t15-/m1/s1. The molecule has 0 aromatic heterocycles. The van der Waals surface area contributed by atoms with E-state index in [0.717, 1.165) is 0 Å². The van der Waals surface area contributed by atoms with Crippen LogP contribution in [0.3, 0.4) is 0 Å². The number of ether oxygens (including phenoxy) is 1. The van der Waals surface area contributed by atoms with Crippen LogP contribution in [0.5, 0.6) is 5.75 Å². The van der Waals surface area contributed by atoms with Crippen LogP contribution in [0, 0.1) is 0 Å². The van der Waals surface area contributed by atoms with Crippen molar-refractivity contribution in [1.82, 2.24) is 0 Å². The van der Waals surface area contributed by atoms with E-state index in [1.165, 1.54) is 18.2 Å². The molecule has 27 heavy (non-hydrogen) atoms. The minimum atomic E-state index is -4.78. The molecule has 3 rings (SSSR count). The van der Waals surface area contributed by atoms with Crippen molar-refractivity contribution >= 4 is 39.1 Å². The number of hydrogen-bond donors (Lipinski definition) is 1. The first-order chi connectivity index (χ1) is 12.8. The Labute approximate surface area is 161 Å². The van der Waals surface area contributed by atoms with Crippen LogP contribution in [0.2, 0.25) is 0 Å². The van der Waals surface area contributed by atoms with Crippen molar-refractivity contribution in [3.63, 3.8) is 0 Å². The van der Waals surface area contributed by atoms with E-state index in [-0.39, 0.29) is 11.4 Å². The van der Waals surface area contributed by atoms with Crippen molar-refractivity contribution in [2.75, 3.05) is 16.8 Å². The molecule has 0 spiro atoms. The highest BCUT2D eigenvalue weighted by Crippen LogP contribution is 2.37. The fourth-order valence-corrected chi connectivity index (χ4v) is 3.17. The zero-order chi connectivity index (χ0) is 19.6. The van der Waals surface area contributed by atoms with Gasteiger partial charge in [-0.1, -0.05) is 24.3 Å². The topological polar surface area (TPSA) is 58.6 Å². The minimum absolute atomic E-state index is 0.0218. The third-order valence-corrected chi connectivity index (χ3v) is 4.62. The van der Waals surface area contributed by atoms with Crippen molar-refractivity contribution < 1.29 is 27.5 Å². The summed E-state index contributed by atoms with van der Waals surface area (Å²) in [5, 5.41) is 2.41. The van der Waals surface area contributed by atoms with Gasteiger partial charge < -0.3 is 10.1 Å². The van der Waals surface area contributed by atoms with Gasteiger partial charge in [-0.3, -0.25) is 14.5 Å². The Morgan fingerprint density at radius 1 is 1.19 bits per heavy atom. The van der Waals surface area contributed by atoms with Gasteiger partial charge in [0.25, 0.3) is 5.91 Å². The molecule has 0 saturated heterocycles. The molecule has 0 unspecified atom stereocenters. The molecule has 1 aliphatic rings. The fourth-order valence-electron chi connectivity index (χ4n) is 2.77. The zero-order valence-corrected chi connectivity index (χ0v) is 15.4. The highest BCUT2D eigenvalue weighted by Gasteiger charge is 2.49. The molecule has 1 heterocycles. The summed E-state index contributed by atoms with van der Waals surface area (Å²) in [5.74, 6) is -1.39. The summed E-state index contributed by atoms with van der Waals surface area (Å²) in [6.45, 7) is -0.613. The van der Waals surface area contributed by atoms with E-state index in [0.29, 0.717) is 15.1 Å². The summed E-state index contributed by atoms with van der Waals surface area (Å²) in [6, 6.07) is 10.3. The maximum absolute atomic E-state index is 13.6. The molecule has 0 fully saturated rings. The smallest absolute Gasteiger partial charge is 0.409 e. The van der Waals surface area contributed by atoms with Gasteiger partial charge in [0.15, 0.2) is 6.61 Å². The maximum atomic E-state index is 13.6. The second kappa shape index (κ2) is 7.59. The molecule has 2 aromatic carbocycles. The SMILES string of the molecule is O=C1C[C@H](C(F)(F)F)N(C(=O)COc2ccccc2Br)c2ccccc2N1. The van der Waals surface area contributed by atoms with Crippen molar-refractivity contribution in [3.05, 3.63) is 53.0 Å². The number of para-hydroxylation sites is 3. The third kappa shape index (κ3) is 4.24. The highest BCUT2D eigenvalue weighted by molar-refractivity contribution is 9.10. The van der Waals surface area contributed by atoms with Gasteiger partial charge in [-0.05, 0) is 40.2 Å². The van der Waals surface area contributed by atoms with Crippen LogP contribution in [0.1, 0.15) is 6.42 Å². The molecule has 2 aromatic rings. The Bertz CT molecular complexity index is 873. The third-order valence-electron chi connectivity index (χ3n) is 3.96. The number of hydrogen-bond acceptors (Lipinski definition) is 3. The molecule has 0 aliphatic carbocycles. The van der Waals surface area contributed by atoms with Crippen LogP contribution in [0.15, 0.2) is 53.0 Å². The number of benzene rings is 2. The first-order valence-corrected chi connectivity index (χ1v) is 8.71. The number of anilines is 2. The molecular formula is C18H14BrF3N2O3. The van der Waals surface area contributed by atoms with Gasteiger partial charge in [-0.25, -0.2) is 0 Å². The average molecular weight is 443 g/mol. The molecule has 1 atom stereocenters. The second-order valence-electron chi connectivity index (χ2n) is 5.81. The van der Waals surface area contributed by atoms with E-state index in [9.17, 15) is 22.8 Å².